The molecule has 0 radical (unpaired) electrons. The number of β-amino-alcohol motifs (C(OH)–C–C–N with tert-alkyl or cyclic N) is 1. The summed E-state index contributed by atoms with van der Waals surface area (Å²) in [7, 11) is 0. The molecule has 206 valence electrons. The minimum absolute atomic E-state index is 0.176. The zero-order valence-corrected chi connectivity index (χ0v) is 22.0. The summed E-state index contributed by atoms with van der Waals surface area (Å²) in [5, 5.41) is 25.5. The Morgan fingerprint density at radius 1 is 1.00 bits per heavy atom. The summed E-state index contributed by atoms with van der Waals surface area (Å²) in [4.78, 5) is 38.2. The van der Waals surface area contributed by atoms with Crippen molar-refractivity contribution in [1.82, 2.24) is 19.4 Å². The smallest absolute Gasteiger partial charge is 0.247 e. The highest BCUT2D eigenvalue weighted by atomic mass is 16.3. The molecular formula is C29H31N7O4. The Morgan fingerprint density at radius 2 is 1.77 bits per heavy atom. The first-order valence-electron chi connectivity index (χ1n) is 13.0. The van der Waals surface area contributed by atoms with Crippen molar-refractivity contribution in [1.29, 1.82) is 0 Å². The van der Waals surface area contributed by atoms with Crippen LogP contribution in [-0.4, -0.2) is 74.9 Å². The molecule has 1 saturated heterocycles. The molecule has 1 fully saturated rings. The third kappa shape index (κ3) is 5.86. The maximum atomic E-state index is 12.8. The number of pyridine rings is 1. The number of aromatic nitrogens is 3. The number of fused-ring (bicyclic) bond motifs is 1. The van der Waals surface area contributed by atoms with Gasteiger partial charge in [-0.2, -0.15) is 4.98 Å². The van der Waals surface area contributed by atoms with E-state index in [9.17, 15) is 14.7 Å². The number of carbonyl (C=O) groups is 1. The van der Waals surface area contributed by atoms with Crippen LogP contribution in [0.4, 0.5) is 23.0 Å². The number of rotatable bonds is 9. The molecule has 0 unspecified atom stereocenters. The number of carbonyl (C=O) groups excluding carboxylic acids is 1. The van der Waals surface area contributed by atoms with Crippen molar-refractivity contribution in [2.75, 3.05) is 54.9 Å². The molecule has 3 heterocycles. The van der Waals surface area contributed by atoms with Gasteiger partial charge in [0.25, 0.3) is 0 Å². The molecule has 1 aliphatic heterocycles. The van der Waals surface area contributed by atoms with Gasteiger partial charge in [-0.1, -0.05) is 12.6 Å². The molecule has 0 aliphatic carbocycles. The minimum atomic E-state index is -0.392. The first-order chi connectivity index (χ1) is 19.5. The SMILES string of the molecule is C=CC(=O)Nc1cccc(-n2c(CO)cc(=O)c3cnc(Nc4ccc(N5CCN(CCO)CC5)cc4)nc32)c1. The van der Waals surface area contributed by atoms with Crippen molar-refractivity contribution in [3.05, 3.63) is 89.4 Å². The zero-order chi connectivity index (χ0) is 28.1. The summed E-state index contributed by atoms with van der Waals surface area (Å²) in [6.45, 7) is 7.57. The Labute approximate surface area is 231 Å². The predicted molar refractivity (Wildman–Crippen MR) is 155 cm³/mol. The van der Waals surface area contributed by atoms with E-state index >= 15 is 0 Å². The van der Waals surface area contributed by atoms with E-state index in [4.69, 9.17) is 5.11 Å². The number of amides is 1. The van der Waals surface area contributed by atoms with Crippen LogP contribution in [0, 0.1) is 0 Å². The average molecular weight is 542 g/mol. The molecule has 2 aromatic carbocycles. The molecule has 4 N–H and O–H groups in total. The van der Waals surface area contributed by atoms with Crippen molar-refractivity contribution in [2.45, 2.75) is 6.61 Å². The number of piperazine rings is 1. The zero-order valence-electron chi connectivity index (χ0n) is 22.0. The first kappa shape index (κ1) is 27.0. The average Bonchev–Trinajstić information content (AvgIpc) is 2.98. The van der Waals surface area contributed by atoms with Crippen LogP contribution in [-0.2, 0) is 11.4 Å². The Morgan fingerprint density at radius 3 is 2.48 bits per heavy atom. The van der Waals surface area contributed by atoms with Gasteiger partial charge in [0.15, 0.2) is 11.1 Å². The molecule has 2 aromatic heterocycles. The molecule has 0 atom stereocenters. The van der Waals surface area contributed by atoms with Crippen LogP contribution >= 0.6 is 0 Å². The van der Waals surface area contributed by atoms with Crippen molar-refractivity contribution < 1.29 is 15.0 Å². The third-order valence-corrected chi connectivity index (χ3v) is 6.83. The summed E-state index contributed by atoms with van der Waals surface area (Å²) in [5.74, 6) is -0.0645. The van der Waals surface area contributed by atoms with E-state index < -0.39 is 6.61 Å². The second-order valence-corrected chi connectivity index (χ2v) is 9.39. The Balaban J connectivity index is 1.43. The normalized spacial score (nSPS) is 13.8. The predicted octanol–water partition coefficient (Wildman–Crippen LogP) is 2.26. The van der Waals surface area contributed by atoms with E-state index in [2.05, 4.69) is 37.0 Å². The van der Waals surface area contributed by atoms with E-state index in [1.54, 1.807) is 28.8 Å². The second kappa shape index (κ2) is 12.1. The Hall–Kier alpha value is -4.58. The van der Waals surface area contributed by atoms with E-state index in [0.29, 0.717) is 34.6 Å². The molecule has 40 heavy (non-hydrogen) atoms. The molecule has 0 saturated carbocycles. The van der Waals surface area contributed by atoms with Gasteiger partial charge in [0.05, 0.1) is 24.3 Å². The number of aliphatic hydroxyl groups is 2. The van der Waals surface area contributed by atoms with Crippen LogP contribution in [0.2, 0.25) is 0 Å². The van der Waals surface area contributed by atoms with Gasteiger partial charge in [0.1, 0.15) is 0 Å². The maximum Gasteiger partial charge on any atom is 0.247 e. The molecular weight excluding hydrogens is 510 g/mol. The summed E-state index contributed by atoms with van der Waals surface area (Å²) < 4.78 is 1.67. The minimum Gasteiger partial charge on any atom is -0.395 e. The topological polar surface area (TPSA) is 136 Å². The fraction of sp³-hybridized carbons (Fsp3) is 0.241. The maximum absolute atomic E-state index is 12.8. The number of aliphatic hydroxyl groups excluding tert-OH is 2. The number of anilines is 4. The van der Waals surface area contributed by atoms with Gasteiger partial charge in [-0.25, -0.2) is 4.98 Å². The van der Waals surface area contributed by atoms with Crippen molar-refractivity contribution in [2.24, 2.45) is 0 Å². The Bertz CT molecular complexity index is 1580. The van der Waals surface area contributed by atoms with Crippen LogP contribution in [0.1, 0.15) is 5.69 Å². The van der Waals surface area contributed by atoms with Gasteiger partial charge in [0.2, 0.25) is 11.9 Å². The quantitative estimate of drug-likeness (QED) is 0.235. The summed E-state index contributed by atoms with van der Waals surface area (Å²) in [6.07, 6.45) is 2.64. The molecule has 11 nitrogen and oxygen atoms in total. The summed E-state index contributed by atoms with van der Waals surface area (Å²) in [5.41, 5.74) is 3.38. The highest BCUT2D eigenvalue weighted by Crippen LogP contribution is 2.24. The third-order valence-electron chi connectivity index (χ3n) is 6.83. The number of hydrogen-bond donors (Lipinski definition) is 4. The second-order valence-electron chi connectivity index (χ2n) is 9.39. The summed E-state index contributed by atoms with van der Waals surface area (Å²) >= 11 is 0. The van der Waals surface area contributed by atoms with Crippen LogP contribution in [0.15, 0.2) is 78.2 Å². The number of benzene rings is 2. The van der Waals surface area contributed by atoms with E-state index in [1.807, 2.05) is 24.3 Å². The first-order valence-corrected chi connectivity index (χ1v) is 13.0. The van der Waals surface area contributed by atoms with E-state index in [0.717, 1.165) is 37.6 Å². The standard InChI is InChI=1S/C29H31N7O4/c1-2-27(40)31-21-4-3-5-23(16-21)36-24(19-38)17-26(39)25-18-30-29(33-28(25)36)32-20-6-8-22(9-7-20)35-12-10-34(11-13-35)14-15-37/h2-9,16-18,37-38H,1,10-15,19H2,(H,31,40)(H,30,32,33). The molecule has 5 rings (SSSR count). The molecule has 1 amide bonds. The number of hydrogen-bond acceptors (Lipinski definition) is 9. The molecule has 1 aliphatic rings. The highest BCUT2D eigenvalue weighted by Gasteiger charge is 2.17. The number of nitrogens with one attached hydrogen (secondary N) is 2. The fourth-order valence-corrected chi connectivity index (χ4v) is 4.78. The van der Waals surface area contributed by atoms with Gasteiger partial charge >= 0.3 is 0 Å². The van der Waals surface area contributed by atoms with Crippen molar-refractivity contribution >= 4 is 40.0 Å². The molecule has 0 bridgehead atoms. The highest BCUT2D eigenvalue weighted by molar-refractivity contribution is 5.99. The van der Waals surface area contributed by atoms with Crippen LogP contribution in [0.5, 0.6) is 0 Å². The van der Waals surface area contributed by atoms with Crippen LogP contribution in [0.25, 0.3) is 16.7 Å². The molecule has 11 heteroatoms. The monoisotopic (exact) mass is 541 g/mol. The van der Waals surface area contributed by atoms with E-state index in [-0.39, 0.29) is 23.9 Å². The lowest BCUT2D eigenvalue weighted by molar-refractivity contribution is -0.111. The largest absolute Gasteiger partial charge is 0.395 e. The van der Waals surface area contributed by atoms with Gasteiger partial charge in [0, 0.05) is 67.7 Å². The van der Waals surface area contributed by atoms with Crippen molar-refractivity contribution in [3.63, 3.8) is 0 Å². The van der Waals surface area contributed by atoms with Crippen LogP contribution < -0.4 is 21.0 Å². The molecule has 0 spiro atoms. The van der Waals surface area contributed by atoms with E-state index in [1.165, 1.54) is 18.3 Å². The fourth-order valence-electron chi connectivity index (χ4n) is 4.78. The van der Waals surface area contributed by atoms with Gasteiger partial charge in [-0.15, -0.1) is 0 Å². The number of nitrogens with zero attached hydrogens (tertiary/aromatic N) is 5. The van der Waals surface area contributed by atoms with Gasteiger partial charge in [-0.3, -0.25) is 19.1 Å². The lowest BCUT2D eigenvalue weighted by Gasteiger charge is -2.35. The molecule has 4 aromatic rings. The van der Waals surface area contributed by atoms with Gasteiger partial charge < -0.3 is 25.7 Å². The van der Waals surface area contributed by atoms with Crippen LogP contribution in [0.3, 0.4) is 0 Å². The van der Waals surface area contributed by atoms with Crippen molar-refractivity contribution in [3.8, 4) is 5.69 Å². The Kier molecular flexibility index (Phi) is 8.15. The lowest BCUT2D eigenvalue weighted by Crippen LogP contribution is -2.47. The lowest BCUT2D eigenvalue weighted by atomic mass is 10.2. The summed E-state index contributed by atoms with van der Waals surface area (Å²) in [6, 6.07) is 16.3. The van der Waals surface area contributed by atoms with Gasteiger partial charge in [-0.05, 0) is 48.5 Å².